The molecule has 0 heterocycles. The Morgan fingerprint density at radius 2 is 1.30 bits per heavy atom. The maximum atomic E-state index is 6.32. The molecule has 1 unspecified atom stereocenters. The van der Waals surface area contributed by atoms with E-state index >= 15 is 0 Å². The van der Waals surface area contributed by atoms with E-state index in [1.165, 1.54) is 43.4 Å². The van der Waals surface area contributed by atoms with Gasteiger partial charge in [0.2, 0.25) is 0 Å². The van der Waals surface area contributed by atoms with E-state index in [0.29, 0.717) is 12.5 Å². The molecule has 0 aliphatic heterocycles. The third-order valence-corrected chi connectivity index (χ3v) is 6.28. The Bertz CT molecular complexity index is 1290. The fourth-order valence-corrected chi connectivity index (χ4v) is 4.29. The van der Waals surface area contributed by atoms with E-state index in [2.05, 4.69) is 105 Å². The largest absolute Gasteiger partial charge is 0.489 e. The van der Waals surface area contributed by atoms with Crippen molar-refractivity contribution in [3.8, 4) is 5.75 Å². The maximum Gasteiger partial charge on any atom is 0.120 e. The van der Waals surface area contributed by atoms with E-state index in [9.17, 15) is 0 Å². The third-order valence-electron chi connectivity index (χ3n) is 6.28. The van der Waals surface area contributed by atoms with Gasteiger partial charge in [0.05, 0.1) is 0 Å². The first-order valence-corrected chi connectivity index (χ1v) is 10.8. The first-order chi connectivity index (χ1) is 14.7. The number of hydrogen-bond donors (Lipinski definition) is 0. The molecule has 0 aromatic heterocycles. The van der Waals surface area contributed by atoms with Crippen LogP contribution in [-0.4, -0.2) is 0 Å². The van der Waals surface area contributed by atoms with Crippen LogP contribution >= 0.6 is 0 Å². The standard InChI is InChI=1S/C29H26O/c1-3-20(2)21-12-13-23-18-26(15-14-22(23)16-21)30-19-29-27-10-6-4-8-24(27)17-25-9-5-7-11-28(25)29/h4-18,20H,3,19H2,1-2H3. The van der Waals surface area contributed by atoms with E-state index in [1.807, 2.05) is 0 Å². The van der Waals surface area contributed by atoms with Crippen LogP contribution in [0.1, 0.15) is 37.3 Å². The molecule has 0 radical (unpaired) electrons. The number of fused-ring (bicyclic) bond motifs is 3. The first-order valence-electron chi connectivity index (χ1n) is 10.8. The van der Waals surface area contributed by atoms with Gasteiger partial charge in [0.25, 0.3) is 0 Å². The zero-order chi connectivity index (χ0) is 20.5. The zero-order valence-corrected chi connectivity index (χ0v) is 17.6. The van der Waals surface area contributed by atoms with Gasteiger partial charge < -0.3 is 4.74 Å². The quantitative estimate of drug-likeness (QED) is 0.275. The summed E-state index contributed by atoms with van der Waals surface area (Å²) in [6, 6.07) is 32.6. The van der Waals surface area contributed by atoms with Gasteiger partial charge in [-0.1, -0.05) is 86.6 Å². The Kier molecular flexibility index (Phi) is 4.88. The molecule has 5 aromatic rings. The maximum absolute atomic E-state index is 6.32. The van der Waals surface area contributed by atoms with Crippen LogP contribution in [0.5, 0.6) is 5.75 Å². The summed E-state index contributed by atoms with van der Waals surface area (Å²) in [6.07, 6.45) is 1.16. The Morgan fingerprint density at radius 3 is 2.00 bits per heavy atom. The van der Waals surface area contributed by atoms with Gasteiger partial charge in [-0.25, -0.2) is 0 Å². The molecule has 148 valence electrons. The molecule has 30 heavy (non-hydrogen) atoms. The van der Waals surface area contributed by atoms with Crippen LogP contribution in [0, 0.1) is 0 Å². The van der Waals surface area contributed by atoms with Gasteiger partial charge in [-0.15, -0.1) is 0 Å². The number of benzene rings is 5. The van der Waals surface area contributed by atoms with Gasteiger partial charge in [-0.2, -0.15) is 0 Å². The first kappa shape index (κ1) is 18.7. The summed E-state index contributed by atoms with van der Waals surface area (Å²) in [4.78, 5) is 0. The second kappa shape index (κ2) is 7.84. The molecular weight excluding hydrogens is 364 g/mol. The Labute approximate surface area is 177 Å². The summed E-state index contributed by atoms with van der Waals surface area (Å²) < 4.78 is 6.32. The average molecular weight is 391 g/mol. The summed E-state index contributed by atoms with van der Waals surface area (Å²) in [5.74, 6) is 1.50. The Morgan fingerprint density at radius 1 is 0.667 bits per heavy atom. The van der Waals surface area contributed by atoms with Crippen molar-refractivity contribution in [3.63, 3.8) is 0 Å². The molecule has 0 bridgehead atoms. The van der Waals surface area contributed by atoms with Crippen molar-refractivity contribution in [2.45, 2.75) is 32.8 Å². The molecule has 0 aliphatic carbocycles. The molecule has 0 saturated carbocycles. The topological polar surface area (TPSA) is 9.23 Å². The SMILES string of the molecule is CCC(C)c1ccc2cc(OCc3c4ccccc4cc4ccccc34)ccc2c1. The van der Waals surface area contributed by atoms with Gasteiger partial charge in [0.15, 0.2) is 0 Å². The Balaban J connectivity index is 1.49. The van der Waals surface area contributed by atoms with E-state index in [-0.39, 0.29) is 0 Å². The predicted molar refractivity (Wildman–Crippen MR) is 128 cm³/mol. The lowest BCUT2D eigenvalue weighted by molar-refractivity contribution is 0.309. The van der Waals surface area contributed by atoms with Crippen molar-refractivity contribution in [2.75, 3.05) is 0 Å². The predicted octanol–water partition coefficient (Wildman–Crippen LogP) is 8.24. The highest BCUT2D eigenvalue weighted by molar-refractivity contribution is 6.02. The van der Waals surface area contributed by atoms with Crippen molar-refractivity contribution in [1.29, 1.82) is 0 Å². The molecule has 0 aliphatic rings. The zero-order valence-electron chi connectivity index (χ0n) is 17.6. The smallest absolute Gasteiger partial charge is 0.120 e. The van der Waals surface area contributed by atoms with Crippen molar-refractivity contribution in [1.82, 2.24) is 0 Å². The Hall–Kier alpha value is -3.32. The molecule has 1 heteroatoms. The van der Waals surface area contributed by atoms with Crippen molar-refractivity contribution >= 4 is 32.3 Å². The van der Waals surface area contributed by atoms with Gasteiger partial charge >= 0.3 is 0 Å². The second-order valence-electron chi connectivity index (χ2n) is 8.16. The van der Waals surface area contributed by atoms with Crippen LogP contribution in [0.3, 0.4) is 0 Å². The molecule has 0 saturated heterocycles. The van der Waals surface area contributed by atoms with Crippen molar-refractivity contribution in [2.24, 2.45) is 0 Å². The fourth-order valence-electron chi connectivity index (χ4n) is 4.29. The average Bonchev–Trinajstić information content (AvgIpc) is 2.80. The molecule has 0 fully saturated rings. The van der Waals surface area contributed by atoms with Crippen molar-refractivity contribution in [3.05, 3.63) is 102 Å². The minimum absolute atomic E-state index is 0.554. The summed E-state index contributed by atoms with van der Waals surface area (Å²) >= 11 is 0. The molecule has 1 atom stereocenters. The fraction of sp³-hybridized carbons (Fsp3) is 0.172. The highest BCUT2D eigenvalue weighted by Gasteiger charge is 2.09. The molecule has 1 nitrogen and oxygen atoms in total. The van der Waals surface area contributed by atoms with Gasteiger partial charge in [-0.3, -0.25) is 0 Å². The highest BCUT2D eigenvalue weighted by atomic mass is 16.5. The summed E-state index contributed by atoms with van der Waals surface area (Å²) in [6.45, 7) is 5.08. The van der Waals surface area contributed by atoms with Gasteiger partial charge in [0.1, 0.15) is 12.4 Å². The molecule has 0 N–H and O–H groups in total. The van der Waals surface area contributed by atoms with E-state index in [4.69, 9.17) is 4.74 Å². The van der Waals surface area contributed by atoms with Crippen LogP contribution in [0.2, 0.25) is 0 Å². The van der Waals surface area contributed by atoms with Crippen LogP contribution in [0.15, 0.2) is 91.0 Å². The van der Waals surface area contributed by atoms with E-state index < -0.39 is 0 Å². The number of hydrogen-bond acceptors (Lipinski definition) is 1. The summed E-state index contributed by atoms with van der Waals surface area (Å²) in [5, 5.41) is 7.53. The lowest BCUT2D eigenvalue weighted by atomic mass is 9.96. The normalized spacial score (nSPS) is 12.5. The van der Waals surface area contributed by atoms with Crippen molar-refractivity contribution < 1.29 is 4.74 Å². The molecule has 0 amide bonds. The number of rotatable bonds is 5. The summed E-state index contributed by atoms with van der Waals surface area (Å²) in [5.41, 5.74) is 2.65. The lowest BCUT2D eigenvalue weighted by Gasteiger charge is -2.14. The van der Waals surface area contributed by atoms with Crippen LogP contribution in [0.4, 0.5) is 0 Å². The van der Waals surface area contributed by atoms with E-state index in [1.54, 1.807) is 0 Å². The molecule has 5 rings (SSSR count). The molecule has 0 spiro atoms. The second-order valence-corrected chi connectivity index (χ2v) is 8.16. The van der Waals surface area contributed by atoms with Gasteiger partial charge in [0, 0.05) is 5.56 Å². The molecule has 5 aromatic carbocycles. The minimum atomic E-state index is 0.554. The van der Waals surface area contributed by atoms with Crippen LogP contribution in [-0.2, 0) is 6.61 Å². The van der Waals surface area contributed by atoms with Crippen LogP contribution in [0.25, 0.3) is 32.3 Å². The monoisotopic (exact) mass is 390 g/mol. The third kappa shape index (κ3) is 3.41. The summed E-state index contributed by atoms with van der Waals surface area (Å²) in [7, 11) is 0. The lowest BCUT2D eigenvalue weighted by Crippen LogP contribution is -1.98. The molecular formula is C29H26O. The van der Waals surface area contributed by atoms with Gasteiger partial charge in [-0.05, 0) is 68.4 Å². The van der Waals surface area contributed by atoms with E-state index in [0.717, 1.165) is 12.2 Å². The van der Waals surface area contributed by atoms with Crippen LogP contribution < -0.4 is 4.74 Å². The number of ether oxygens (including phenoxy) is 1. The highest BCUT2D eigenvalue weighted by Crippen LogP contribution is 2.31. The minimum Gasteiger partial charge on any atom is -0.489 e.